The van der Waals surface area contributed by atoms with E-state index in [0.29, 0.717) is 71.1 Å². The van der Waals surface area contributed by atoms with Gasteiger partial charge in [0.15, 0.2) is 0 Å². The van der Waals surface area contributed by atoms with Crippen molar-refractivity contribution in [2.75, 3.05) is 32.8 Å². The van der Waals surface area contributed by atoms with E-state index in [9.17, 15) is 22.8 Å². The molecule has 0 atom stereocenters. The first kappa shape index (κ1) is 30.2. The van der Waals surface area contributed by atoms with Crippen molar-refractivity contribution in [1.29, 1.82) is 0 Å². The number of halogens is 5. The molecule has 2 aromatic carbocycles. The zero-order valence-corrected chi connectivity index (χ0v) is 24.6. The Hall–Kier alpha value is -2.75. The number of benzene rings is 2. The number of rotatable bonds is 6. The molecule has 0 spiro atoms. The van der Waals surface area contributed by atoms with Crippen LogP contribution in [0.15, 0.2) is 30.3 Å². The van der Waals surface area contributed by atoms with Crippen LogP contribution in [-0.4, -0.2) is 64.6 Å². The third-order valence-electron chi connectivity index (χ3n) is 7.70. The van der Waals surface area contributed by atoms with Crippen LogP contribution in [-0.2, 0) is 29.2 Å². The number of piperazine rings is 1. The minimum atomic E-state index is -4.45. The molecule has 0 N–H and O–H groups in total. The van der Waals surface area contributed by atoms with Crippen molar-refractivity contribution in [2.45, 2.75) is 45.8 Å². The molecule has 40 heavy (non-hydrogen) atoms. The first-order valence-electron chi connectivity index (χ1n) is 13.0. The van der Waals surface area contributed by atoms with Crippen molar-refractivity contribution in [3.63, 3.8) is 0 Å². The Bertz CT molecular complexity index is 1460. The highest BCUT2D eigenvalue weighted by Gasteiger charge is 2.38. The second kappa shape index (κ2) is 11.3. The highest BCUT2D eigenvalue weighted by atomic mass is 35.5. The normalized spacial score (nSPS) is 15.1. The first-order valence-corrected chi connectivity index (χ1v) is 13.8. The van der Waals surface area contributed by atoms with E-state index in [0.717, 1.165) is 12.1 Å². The van der Waals surface area contributed by atoms with Gasteiger partial charge in [0.25, 0.3) is 5.91 Å². The molecule has 4 rings (SSSR count). The van der Waals surface area contributed by atoms with Gasteiger partial charge < -0.3 is 14.2 Å². The van der Waals surface area contributed by atoms with Crippen molar-refractivity contribution in [3.8, 4) is 0 Å². The Balaban J connectivity index is 1.57. The third-order valence-corrected chi connectivity index (χ3v) is 8.49. The fourth-order valence-corrected chi connectivity index (χ4v) is 5.76. The molecule has 1 amide bonds. The number of alkyl halides is 3. The Morgan fingerprint density at radius 1 is 1.02 bits per heavy atom. The number of aryl methyl sites for hydroxylation is 2. The SMILES string of the molecule is CCOC(=O)C(C)(C)N1CCN(C(=O)c2ccc(Cl)c(Cc3cc4c(C)cc(C(F)(F)F)cc4n3C)c2Cl)CC1. The van der Waals surface area contributed by atoms with Crippen LogP contribution in [0.5, 0.6) is 0 Å². The molecule has 0 unspecified atom stereocenters. The summed E-state index contributed by atoms with van der Waals surface area (Å²) in [4.78, 5) is 29.6. The van der Waals surface area contributed by atoms with E-state index in [1.807, 2.05) is 24.8 Å². The van der Waals surface area contributed by atoms with E-state index < -0.39 is 17.3 Å². The third kappa shape index (κ3) is 5.69. The van der Waals surface area contributed by atoms with E-state index in [1.54, 1.807) is 42.5 Å². The van der Waals surface area contributed by atoms with Crippen molar-refractivity contribution >= 4 is 46.0 Å². The predicted octanol–water partition coefficient (Wildman–Crippen LogP) is 6.50. The Morgan fingerprint density at radius 2 is 1.68 bits per heavy atom. The summed E-state index contributed by atoms with van der Waals surface area (Å²) >= 11 is 13.3. The number of ether oxygens (including phenoxy) is 1. The number of hydrogen-bond donors (Lipinski definition) is 0. The Kier molecular flexibility index (Phi) is 8.50. The molecule has 1 aliphatic heterocycles. The van der Waals surface area contributed by atoms with Gasteiger partial charge >= 0.3 is 12.1 Å². The summed E-state index contributed by atoms with van der Waals surface area (Å²) in [7, 11) is 1.70. The van der Waals surface area contributed by atoms with Gasteiger partial charge in [0.2, 0.25) is 0 Å². The number of aromatic nitrogens is 1. The van der Waals surface area contributed by atoms with Crippen LogP contribution in [0.1, 0.15) is 53.5 Å². The van der Waals surface area contributed by atoms with Crippen LogP contribution in [0.2, 0.25) is 10.0 Å². The molecule has 0 aliphatic carbocycles. The average Bonchev–Trinajstić information content (AvgIpc) is 3.21. The lowest BCUT2D eigenvalue weighted by molar-refractivity contribution is -0.156. The molecule has 0 bridgehead atoms. The molecule has 3 aromatic rings. The first-order chi connectivity index (χ1) is 18.7. The van der Waals surface area contributed by atoms with Crippen LogP contribution in [0, 0.1) is 6.92 Å². The predicted molar refractivity (Wildman–Crippen MR) is 150 cm³/mol. The summed E-state index contributed by atoms with van der Waals surface area (Å²) in [6.07, 6.45) is -4.23. The molecule has 0 saturated carbocycles. The zero-order chi connectivity index (χ0) is 29.6. The van der Waals surface area contributed by atoms with Crippen LogP contribution >= 0.6 is 23.2 Å². The summed E-state index contributed by atoms with van der Waals surface area (Å²) in [5.74, 6) is -0.558. The maximum atomic E-state index is 13.5. The monoisotopic (exact) mass is 597 g/mol. The molecule has 1 aliphatic rings. The number of carbonyl (C=O) groups excluding carboxylic acids is 2. The van der Waals surface area contributed by atoms with Gasteiger partial charge in [-0.3, -0.25) is 14.5 Å². The highest BCUT2D eigenvalue weighted by molar-refractivity contribution is 6.38. The van der Waals surface area contributed by atoms with E-state index in [2.05, 4.69) is 0 Å². The number of nitrogens with zero attached hydrogens (tertiary/aromatic N) is 3. The largest absolute Gasteiger partial charge is 0.465 e. The minimum Gasteiger partial charge on any atom is -0.465 e. The maximum Gasteiger partial charge on any atom is 0.416 e. The molecule has 1 fully saturated rings. The van der Waals surface area contributed by atoms with E-state index >= 15 is 0 Å². The lowest BCUT2D eigenvalue weighted by Gasteiger charge is -2.42. The maximum absolute atomic E-state index is 13.5. The van der Waals surface area contributed by atoms with Gasteiger partial charge in [-0.1, -0.05) is 23.2 Å². The molecule has 11 heteroatoms. The van der Waals surface area contributed by atoms with Gasteiger partial charge in [-0.2, -0.15) is 13.2 Å². The molecule has 2 heterocycles. The van der Waals surface area contributed by atoms with Crippen LogP contribution in [0.3, 0.4) is 0 Å². The summed E-state index contributed by atoms with van der Waals surface area (Å²) in [6.45, 7) is 9.11. The van der Waals surface area contributed by atoms with Crippen molar-refractivity contribution < 1.29 is 27.5 Å². The summed E-state index contributed by atoms with van der Waals surface area (Å²) < 4.78 is 47.1. The van der Waals surface area contributed by atoms with Crippen molar-refractivity contribution in [3.05, 3.63) is 68.3 Å². The van der Waals surface area contributed by atoms with E-state index in [4.69, 9.17) is 27.9 Å². The van der Waals surface area contributed by atoms with Crippen molar-refractivity contribution in [2.24, 2.45) is 7.05 Å². The number of fused-ring (bicyclic) bond motifs is 1. The molecular weight excluding hydrogens is 566 g/mol. The number of amides is 1. The number of carbonyl (C=O) groups is 2. The van der Waals surface area contributed by atoms with Gasteiger partial charge in [0.1, 0.15) is 5.54 Å². The van der Waals surface area contributed by atoms with Crippen molar-refractivity contribution in [1.82, 2.24) is 14.4 Å². The van der Waals surface area contributed by atoms with Crippen LogP contribution in [0.25, 0.3) is 10.9 Å². The molecule has 6 nitrogen and oxygen atoms in total. The summed E-state index contributed by atoms with van der Waals surface area (Å²) in [5, 5.41) is 1.28. The van der Waals surface area contributed by atoms with Gasteiger partial charge in [-0.05, 0) is 69.2 Å². The van der Waals surface area contributed by atoms with Crippen LogP contribution < -0.4 is 0 Å². The average molecular weight is 598 g/mol. The smallest absolute Gasteiger partial charge is 0.416 e. The number of esters is 1. The fourth-order valence-electron chi connectivity index (χ4n) is 5.18. The molecular formula is C29H32Cl2F3N3O3. The van der Waals surface area contributed by atoms with E-state index in [1.165, 1.54) is 0 Å². The van der Waals surface area contributed by atoms with Gasteiger partial charge in [0, 0.05) is 61.3 Å². The summed E-state index contributed by atoms with van der Waals surface area (Å²) in [6, 6.07) is 7.31. The molecule has 1 saturated heterocycles. The lowest BCUT2D eigenvalue weighted by Crippen LogP contribution is -2.59. The van der Waals surface area contributed by atoms with E-state index in [-0.39, 0.29) is 23.3 Å². The van der Waals surface area contributed by atoms with Gasteiger partial charge in [-0.25, -0.2) is 0 Å². The quantitative estimate of drug-likeness (QED) is 0.304. The van der Waals surface area contributed by atoms with Crippen LogP contribution in [0.4, 0.5) is 13.2 Å². The minimum absolute atomic E-state index is 0.213. The zero-order valence-electron chi connectivity index (χ0n) is 23.1. The topological polar surface area (TPSA) is 54.8 Å². The van der Waals surface area contributed by atoms with Gasteiger partial charge in [0.05, 0.1) is 22.8 Å². The second-order valence-electron chi connectivity index (χ2n) is 10.5. The Labute approximate surface area is 241 Å². The molecule has 0 radical (unpaired) electrons. The fraction of sp³-hybridized carbons (Fsp3) is 0.448. The standard InChI is InChI=1S/C29H32Cl2F3N3O3/c1-6-40-27(39)28(3,4)37-11-9-36(10-12-37)26(38)20-7-8-23(30)22(25(20)31)16-19-15-21-17(2)13-18(29(32,33)34)14-24(21)35(19)5/h7-8,13-15H,6,9-12,16H2,1-5H3. The number of hydrogen-bond acceptors (Lipinski definition) is 4. The summed E-state index contributed by atoms with van der Waals surface area (Å²) in [5.41, 5.74) is 0.974. The highest BCUT2D eigenvalue weighted by Crippen LogP contribution is 2.36. The Morgan fingerprint density at radius 3 is 2.27 bits per heavy atom. The second-order valence-corrected chi connectivity index (χ2v) is 11.3. The molecule has 1 aromatic heterocycles. The lowest BCUT2D eigenvalue weighted by atomic mass is 10.0. The van der Waals surface area contributed by atoms with Gasteiger partial charge in [-0.15, -0.1) is 0 Å². The molecule has 216 valence electrons.